The summed E-state index contributed by atoms with van der Waals surface area (Å²) in [5.41, 5.74) is 5.96. The summed E-state index contributed by atoms with van der Waals surface area (Å²) in [5.74, 6) is -0.0993. The Morgan fingerprint density at radius 2 is 1.79 bits per heavy atom. The van der Waals surface area contributed by atoms with Crippen LogP contribution in [0.25, 0.3) is 0 Å². The zero-order chi connectivity index (χ0) is 18.7. The van der Waals surface area contributed by atoms with E-state index in [1.165, 1.54) is 0 Å². The maximum atomic E-state index is 12.3. The van der Waals surface area contributed by atoms with Gasteiger partial charge in [0.15, 0.2) is 0 Å². The number of hydrogen-bond donors (Lipinski definition) is 4. The minimum absolute atomic E-state index is 0.0139. The van der Waals surface area contributed by atoms with Crippen molar-refractivity contribution >= 4 is 11.8 Å². The Hall–Kier alpha value is -1.14. The zero-order valence-corrected chi connectivity index (χ0v) is 16.0. The van der Waals surface area contributed by atoms with Crippen molar-refractivity contribution in [2.45, 2.75) is 84.9 Å². The number of hydrogen-bond acceptors (Lipinski definition) is 4. The third-order valence-corrected chi connectivity index (χ3v) is 4.32. The SMILES string of the molecule is CCCCNC(=O)C[C@H](O)[C@H](CC(C)C)NC(=O)[C@@H](N)[C@@H](C)CC. The maximum absolute atomic E-state index is 12.3. The molecular weight excluding hydrogens is 306 g/mol. The number of aliphatic hydroxyl groups is 1. The molecule has 0 aromatic rings. The normalized spacial score (nSPS) is 16.3. The fraction of sp³-hybridized carbons (Fsp3) is 0.889. The first kappa shape index (κ1) is 22.9. The molecule has 0 rings (SSSR count). The Balaban J connectivity index is 4.68. The van der Waals surface area contributed by atoms with Crippen molar-refractivity contribution in [1.29, 1.82) is 0 Å². The summed E-state index contributed by atoms with van der Waals surface area (Å²) in [4.78, 5) is 24.2. The third kappa shape index (κ3) is 9.23. The highest BCUT2D eigenvalue weighted by atomic mass is 16.3. The first-order valence-corrected chi connectivity index (χ1v) is 9.23. The quantitative estimate of drug-likeness (QED) is 0.404. The molecule has 0 saturated carbocycles. The number of carbonyl (C=O) groups excluding carboxylic acids is 2. The van der Waals surface area contributed by atoms with Crippen molar-refractivity contribution in [2.24, 2.45) is 17.6 Å². The third-order valence-electron chi connectivity index (χ3n) is 4.32. The molecule has 6 heteroatoms. The fourth-order valence-electron chi connectivity index (χ4n) is 2.42. The van der Waals surface area contributed by atoms with Crippen molar-refractivity contribution in [3.63, 3.8) is 0 Å². The van der Waals surface area contributed by atoms with Crippen molar-refractivity contribution < 1.29 is 14.7 Å². The first-order chi connectivity index (χ1) is 11.2. The highest BCUT2D eigenvalue weighted by molar-refractivity contribution is 5.82. The second-order valence-corrected chi connectivity index (χ2v) is 7.13. The molecule has 0 saturated heterocycles. The number of aliphatic hydroxyl groups excluding tert-OH is 1. The molecule has 6 nitrogen and oxygen atoms in total. The minimum atomic E-state index is -0.915. The Labute approximate surface area is 147 Å². The van der Waals surface area contributed by atoms with E-state index in [-0.39, 0.29) is 30.1 Å². The topological polar surface area (TPSA) is 104 Å². The molecule has 0 spiro atoms. The van der Waals surface area contributed by atoms with Gasteiger partial charge >= 0.3 is 0 Å². The van der Waals surface area contributed by atoms with Crippen molar-refractivity contribution in [2.75, 3.05) is 6.54 Å². The van der Waals surface area contributed by atoms with Gasteiger partial charge in [-0.25, -0.2) is 0 Å². The second-order valence-electron chi connectivity index (χ2n) is 7.13. The van der Waals surface area contributed by atoms with Gasteiger partial charge in [-0.3, -0.25) is 9.59 Å². The first-order valence-electron chi connectivity index (χ1n) is 9.23. The van der Waals surface area contributed by atoms with Gasteiger partial charge in [0, 0.05) is 6.54 Å². The number of nitrogens with one attached hydrogen (secondary N) is 2. The Kier molecular flexibility index (Phi) is 11.7. The molecule has 0 aromatic heterocycles. The molecule has 142 valence electrons. The summed E-state index contributed by atoms with van der Waals surface area (Å²) >= 11 is 0. The lowest BCUT2D eigenvalue weighted by Crippen LogP contribution is -2.52. The van der Waals surface area contributed by atoms with Crippen molar-refractivity contribution in [3.8, 4) is 0 Å². The molecule has 0 aliphatic carbocycles. The standard InChI is InChI=1S/C18H37N3O3/c1-6-8-9-20-16(23)11-15(22)14(10-12(3)4)21-18(24)17(19)13(5)7-2/h12-15,17,22H,6-11,19H2,1-5H3,(H,20,23)(H,21,24)/t13-,14-,15-,17-/m0/s1. The Morgan fingerprint density at radius 3 is 2.29 bits per heavy atom. The van der Waals surface area contributed by atoms with E-state index in [9.17, 15) is 14.7 Å². The van der Waals surface area contributed by atoms with E-state index in [1.807, 2.05) is 27.7 Å². The van der Waals surface area contributed by atoms with Crippen LogP contribution in [-0.2, 0) is 9.59 Å². The van der Waals surface area contributed by atoms with Crippen LogP contribution < -0.4 is 16.4 Å². The van der Waals surface area contributed by atoms with E-state index in [0.717, 1.165) is 19.3 Å². The Bertz CT molecular complexity index is 375. The number of carbonyl (C=O) groups is 2. The maximum Gasteiger partial charge on any atom is 0.237 e. The minimum Gasteiger partial charge on any atom is -0.390 e. The van der Waals surface area contributed by atoms with Gasteiger partial charge in [0.2, 0.25) is 11.8 Å². The van der Waals surface area contributed by atoms with Crippen molar-refractivity contribution in [3.05, 3.63) is 0 Å². The van der Waals surface area contributed by atoms with Crippen LogP contribution in [0.15, 0.2) is 0 Å². The average Bonchev–Trinajstić information content (AvgIpc) is 2.52. The van der Waals surface area contributed by atoms with Gasteiger partial charge in [-0.2, -0.15) is 0 Å². The summed E-state index contributed by atoms with van der Waals surface area (Å²) in [6.07, 6.45) is 2.40. The molecule has 2 amide bonds. The largest absolute Gasteiger partial charge is 0.390 e. The summed E-state index contributed by atoms with van der Waals surface area (Å²) in [7, 11) is 0. The lowest BCUT2D eigenvalue weighted by molar-refractivity contribution is -0.127. The van der Waals surface area contributed by atoms with Crippen LogP contribution in [0, 0.1) is 11.8 Å². The predicted octanol–water partition coefficient (Wildman–Crippen LogP) is 1.56. The van der Waals surface area contributed by atoms with Crippen LogP contribution in [0.3, 0.4) is 0 Å². The van der Waals surface area contributed by atoms with E-state index in [0.29, 0.717) is 13.0 Å². The van der Waals surface area contributed by atoms with Gasteiger partial charge in [-0.15, -0.1) is 0 Å². The van der Waals surface area contributed by atoms with E-state index < -0.39 is 18.2 Å². The highest BCUT2D eigenvalue weighted by Gasteiger charge is 2.28. The fourth-order valence-corrected chi connectivity index (χ4v) is 2.42. The van der Waals surface area contributed by atoms with Crippen LogP contribution in [0.5, 0.6) is 0 Å². The summed E-state index contributed by atoms with van der Waals surface area (Å²) < 4.78 is 0. The summed E-state index contributed by atoms with van der Waals surface area (Å²) in [6.45, 7) is 10.6. The van der Waals surface area contributed by atoms with Gasteiger partial charge < -0.3 is 21.5 Å². The number of amides is 2. The molecule has 4 atom stereocenters. The molecule has 0 aromatic carbocycles. The van der Waals surface area contributed by atoms with Gasteiger partial charge in [-0.1, -0.05) is 47.5 Å². The Morgan fingerprint density at radius 1 is 1.17 bits per heavy atom. The second kappa shape index (κ2) is 12.3. The molecule has 0 fully saturated rings. The highest BCUT2D eigenvalue weighted by Crippen LogP contribution is 2.13. The van der Waals surface area contributed by atoms with E-state index in [2.05, 4.69) is 17.6 Å². The van der Waals surface area contributed by atoms with E-state index >= 15 is 0 Å². The van der Waals surface area contributed by atoms with Gasteiger partial charge in [0.1, 0.15) is 0 Å². The number of nitrogens with two attached hydrogens (primary N) is 1. The number of unbranched alkanes of at least 4 members (excludes halogenated alkanes) is 1. The lowest BCUT2D eigenvalue weighted by Gasteiger charge is -2.28. The molecule has 5 N–H and O–H groups in total. The van der Waals surface area contributed by atoms with E-state index in [1.54, 1.807) is 0 Å². The van der Waals surface area contributed by atoms with Crippen LogP contribution in [0.1, 0.15) is 66.7 Å². The molecule has 0 aliphatic heterocycles. The predicted molar refractivity (Wildman–Crippen MR) is 97.4 cm³/mol. The molecule has 0 bridgehead atoms. The summed E-state index contributed by atoms with van der Waals surface area (Å²) in [6, 6.07) is -1.07. The average molecular weight is 344 g/mol. The molecule has 0 heterocycles. The molecule has 0 unspecified atom stereocenters. The van der Waals surface area contributed by atoms with Crippen molar-refractivity contribution in [1.82, 2.24) is 10.6 Å². The molecule has 0 radical (unpaired) electrons. The van der Waals surface area contributed by atoms with Crippen LogP contribution in [0.4, 0.5) is 0 Å². The van der Waals surface area contributed by atoms with Gasteiger partial charge in [0.25, 0.3) is 0 Å². The smallest absolute Gasteiger partial charge is 0.237 e. The van der Waals surface area contributed by atoms with Crippen LogP contribution >= 0.6 is 0 Å². The van der Waals surface area contributed by atoms with Gasteiger partial charge in [0.05, 0.1) is 24.6 Å². The monoisotopic (exact) mass is 343 g/mol. The molecule has 24 heavy (non-hydrogen) atoms. The lowest BCUT2D eigenvalue weighted by atomic mass is 9.95. The van der Waals surface area contributed by atoms with Crippen LogP contribution in [0.2, 0.25) is 0 Å². The molecule has 0 aliphatic rings. The van der Waals surface area contributed by atoms with Gasteiger partial charge in [-0.05, 0) is 24.7 Å². The van der Waals surface area contributed by atoms with E-state index in [4.69, 9.17) is 5.73 Å². The summed E-state index contributed by atoms with van der Waals surface area (Å²) in [5, 5.41) is 16.0. The number of rotatable bonds is 12. The molecular formula is C18H37N3O3. The van der Waals surface area contributed by atoms with Crippen LogP contribution in [-0.4, -0.2) is 41.7 Å². The zero-order valence-electron chi connectivity index (χ0n) is 16.0.